The Hall–Kier alpha value is -3.09. The highest BCUT2D eigenvalue weighted by atomic mass is 19.1. The Morgan fingerprint density at radius 1 is 1.14 bits per heavy atom. The molecule has 1 N–H and O–H groups in total. The summed E-state index contributed by atoms with van der Waals surface area (Å²) in [5.41, 5.74) is 3.33. The number of piperazine rings is 1. The van der Waals surface area contributed by atoms with Gasteiger partial charge in [-0.25, -0.2) is 9.37 Å². The summed E-state index contributed by atoms with van der Waals surface area (Å²) >= 11 is 0. The van der Waals surface area contributed by atoms with Gasteiger partial charge in [-0.15, -0.1) is 0 Å². The van der Waals surface area contributed by atoms with Gasteiger partial charge in [0.15, 0.2) is 11.5 Å². The van der Waals surface area contributed by atoms with Crippen molar-refractivity contribution in [3.8, 4) is 0 Å². The Labute approximate surface area is 162 Å². The summed E-state index contributed by atoms with van der Waals surface area (Å²) in [7, 11) is 0. The van der Waals surface area contributed by atoms with E-state index in [1.165, 1.54) is 12.1 Å². The average molecular weight is 382 g/mol. The third-order valence-corrected chi connectivity index (χ3v) is 5.03. The zero-order valence-electron chi connectivity index (χ0n) is 16.0. The van der Waals surface area contributed by atoms with Crippen LogP contribution in [0.25, 0.3) is 11.1 Å². The van der Waals surface area contributed by atoms with E-state index < -0.39 is 0 Å². The van der Waals surface area contributed by atoms with Crippen LogP contribution in [0.15, 0.2) is 46.9 Å². The molecule has 146 valence electrons. The number of aromatic nitrogens is 1. The summed E-state index contributed by atoms with van der Waals surface area (Å²) in [5, 5.41) is 3.26. The fourth-order valence-corrected chi connectivity index (χ4v) is 3.55. The molecule has 2 heterocycles. The number of hydrogen-bond donors (Lipinski definition) is 1. The zero-order chi connectivity index (χ0) is 19.7. The van der Waals surface area contributed by atoms with Crippen LogP contribution < -0.4 is 10.2 Å². The Kier molecular flexibility index (Phi) is 4.90. The third-order valence-electron chi connectivity index (χ3n) is 5.03. The minimum Gasteiger partial charge on any atom is -0.441 e. The van der Waals surface area contributed by atoms with Gasteiger partial charge in [-0.1, -0.05) is 0 Å². The van der Waals surface area contributed by atoms with E-state index in [-0.39, 0.29) is 17.8 Å². The zero-order valence-corrected chi connectivity index (χ0v) is 16.0. The van der Waals surface area contributed by atoms with Gasteiger partial charge in [0.05, 0.1) is 0 Å². The van der Waals surface area contributed by atoms with Gasteiger partial charge in [-0.2, -0.15) is 0 Å². The summed E-state index contributed by atoms with van der Waals surface area (Å²) in [5.74, 6) is 0.446. The van der Waals surface area contributed by atoms with Gasteiger partial charge >= 0.3 is 0 Å². The second-order valence-corrected chi connectivity index (χ2v) is 7.07. The molecule has 2 aromatic carbocycles. The van der Waals surface area contributed by atoms with E-state index >= 15 is 0 Å². The highest BCUT2D eigenvalue weighted by molar-refractivity contribution is 5.86. The van der Waals surface area contributed by atoms with Gasteiger partial charge in [0, 0.05) is 44.5 Å². The molecule has 1 fully saturated rings. The first-order valence-electron chi connectivity index (χ1n) is 9.42. The molecule has 0 radical (unpaired) electrons. The van der Waals surface area contributed by atoms with E-state index in [1.807, 2.05) is 36.9 Å². The van der Waals surface area contributed by atoms with E-state index in [4.69, 9.17) is 4.42 Å². The SMILES string of the molecule is Cc1nc2cc(N[C@H](C)C(=O)N3CCN(c4ccc(F)cc4)CC3)ccc2o1. The molecule has 3 aromatic rings. The first kappa shape index (κ1) is 18.3. The number of aryl methyl sites for hydroxylation is 1. The van der Waals surface area contributed by atoms with Crippen LogP contribution >= 0.6 is 0 Å². The topological polar surface area (TPSA) is 61.6 Å². The van der Waals surface area contributed by atoms with Crippen LogP contribution in [0.2, 0.25) is 0 Å². The minimum absolute atomic E-state index is 0.0650. The summed E-state index contributed by atoms with van der Waals surface area (Å²) in [6.45, 7) is 6.42. The van der Waals surface area contributed by atoms with Crippen LogP contribution in [0, 0.1) is 12.7 Å². The van der Waals surface area contributed by atoms with E-state index in [1.54, 1.807) is 12.1 Å². The number of amides is 1. The molecule has 1 amide bonds. The number of hydrogen-bond acceptors (Lipinski definition) is 5. The molecule has 7 heteroatoms. The van der Waals surface area contributed by atoms with Gasteiger partial charge in [0.2, 0.25) is 5.91 Å². The molecule has 1 atom stereocenters. The quantitative estimate of drug-likeness (QED) is 0.749. The number of benzene rings is 2. The number of nitrogens with zero attached hydrogens (tertiary/aromatic N) is 3. The highest BCUT2D eigenvalue weighted by Crippen LogP contribution is 2.21. The Morgan fingerprint density at radius 2 is 1.86 bits per heavy atom. The van der Waals surface area contributed by atoms with Gasteiger partial charge in [0.25, 0.3) is 0 Å². The van der Waals surface area contributed by atoms with E-state index in [9.17, 15) is 9.18 Å². The lowest BCUT2D eigenvalue weighted by Crippen LogP contribution is -2.52. The molecule has 1 saturated heterocycles. The van der Waals surface area contributed by atoms with Crippen molar-refractivity contribution < 1.29 is 13.6 Å². The average Bonchev–Trinajstić information content (AvgIpc) is 3.07. The number of nitrogens with one attached hydrogen (secondary N) is 1. The van der Waals surface area contributed by atoms with Crippen molar-refractivity contribution in [2.75, 3.05) is 36.4 Å². The number of rotatable bonds is 4. The normalized spacial score (nSPS) is 15.7. The molecular weight excluding hydrogens is 359 g/mol. The molecule has 4 rings (SSSR count). The lowest BCUT2D eigenvalue weighted by atomic mass is 10.2. The molecule has 28 heavy (non-hydrogen) atoms. The van der Waals surface area contributed by atoms with Crippen molar-refractivity contribution in [3.05, 3.63) is 54.2 Å². The number of oxazole rings is 1. The van der Waals surface area contributed by atoms with Gasteiger partial charge in [-0.05, 0) is 49.4 Å². The Bertz CT molecular complexity index is 978. The van der Waals surface area contributed by atoms with E-state index in [0.717, 1.165) is 35.6 Å². The fourth-order valence-electron chi connectivity index (χ4n) is 3.55. The number of anilines is 2. The maximum Gasteiger partial charge on any atom is 0.244 e. The maximum atomic E-state index is 13.1. The summed E-state index contributed by atoms with van der Waals surface area (Å²) < 4.78 is 18.6. The van der Waals surface area contributed by atoms with Crippen molar-refractivity contribution in [1.82, 2.24) is 9.88 Å². The lowest BCUT2D eigenvalue weighted by Gasteiger charge is -2.37. The van der Waals surface area contributed by atoms with Crippen molar-refractivity contribution in [2.45, 2.75) is 19.9 Å². The van der Waals surface area contributed by atoms with Crippen molar-refractivity contribution in [3.63, 3.8) is 0 Å². The predicted molar refractivity (Wildman–Crippen MR) is 107 cm³/mol. The maximum absolute atomic E-state index is 13.1. The molecular formula is C21H23FN4O2. The molecule has 0 spiro atoms. The van der Waals surface area contributed by atoms with Gasteiger partial charge < -0.3 is 19.5 Å². The number of carbonyl (C=O) groups excluding carboxylic acids is 1. The van der Waals surface area contributed by atoms with Crippen LogP contribution in [0.1, 0.15) is 12.8 Å². The smallest absolute Gasteiger partial charge is 0.244 e. The van der Waals surface area contributed by atoms with Crippen LogP contribution in [0.5, 0.6) is 0 Å². The first-order chi connectivity index (χ1) is 13.5. The van der Waals surface area contributed by atoms with Gasteiger partial charge in [0.1, 0.15) is 17.4 Å². The molecule has 1 aromatic heterocycles. The van der Waals surface area contributed by atoms with Crippen molar-refractivity contribution in [2.24, 2.45) is 0 Å². The molecule has 6 nitrogen and oxygen atoms in total. The summed E-state index contributed by atoms with van der Waals surface area (Å²) in [4.78, 5) is 21.2. The molecule has 0 aliphatic carbocycles. The van der Waals surface area contributed by atoms with Crippen LogP contribution in [0.4, 0.5) is 15.8 Å². The number of halogens is 1. The first-order valence-corrected chi connectivity index (χ1v) is 9.42. The fraction of sp³-hybridized carbons (Fsp3) is 0.333. The second-order valence-electron chi connectivity index (χ2n) is 7.07. The molecule has 0 bridgehead atoms. The highest BCUT2D eigenvalue weighted by Gasteiger charge is 2.25. The summed E-state index contributed by atoms with van der Waals surface area (Å²) in [6, 6.07) is 11.8. The molecule has 1 aliphatic rings. The Morgan fingerprint density at radius 3 is 2.57 bits per heavy atom. The molecule has 0 saturated carbocycles. The molecule has 0 unspecified atom stereocenters. The van der Waals surface area contributed by atoms with Crippen LogP contribution in [0.3, 0.4) is 0 Å². The Balaban J connectivity index is 1.35. The van der Waals surface area contributed by atoms with E-state index in [2.05, 4.69) is 15.2 Å². The summed E-state index contributed by atoms with van der Waals surface area (Å²) in [6.07, 6.45) is 0. The van der Waals surface area contributed by atoms with Crippen LogP contribution in [-0.2, 0) is 4.79 Å². The standard InChI is InChI=1S/C21H23FN4O2/c1-14(23-17-5-8-20-19(13-17)24-15(2)28-20)21(27)26-11-9-25(10-12-26)18-6-3-16(22)4-7-18/h3-8,13-14,23H,9-12H2,1-2H3/t14-/m1/s1. The van der Waals surface area contributed by atoms with Crippen LogP contribution in [-0.4, -0.2) is 48.0 Å². The number of fused-ring (bicyclic) bond motifs is 1. The predicted octanol–water partition coefficient (Wildman–Crippen LogP) is 3.42. The minimum atomic E-state index is -0.345. The third kappa shape index (κ3) is 3.78. The second kappa shape index (κ2) is 7.50. The molecule has 1 aliphatic heterocycles. The van der Waals surface area contributed by atoms with Crippen molar-refractivity contribution >= 4 is 28.4 Å². The lowest BCUT2D eigenvalue weighted by molar-refractivity contribution is -0.131. The van der Waals surface area contributed by atoms with E-state index in [0.29, 0.717) is 19.0 Å². The van der Waals surface area contributed by atoms with Gasteiger partial charge in [-0.3, -0.25) is 4.79 Å². The largest absolute Gasteiger partial charge is 0.441 e. The monoisotopic (exact) mass is 382 g/mol. The number of carbonyl (C=O) groups is 1. The van der Waals surface area contributed by atoms with Crippen molar-refractivity contribution in [1.29, 1.82) is 0 Å².